The Labute approximate surface area is 74.7 Å². The lowest BCUT2D eigenvalue weighted by Crippen LogP contribution is -2.18. The fourth-order valence-corrected chi connectivity index (χ4v) is 1.44. The molecule has 6 nitrogen and oxygen atoms in total. The van der Waals surface area contributed by atoms with E-state index in [0.717, 1.165) is 0 Å². The summed E-state index contributed by atoms with van der Waals surface area (Å²) in [5.41, 5.74) is 5.28. The number of hydrogen-bond donors (Lipinski definition) is 1. The second-order valence-corrected chi connectivity index (χ2v) is 3.15. The van der Waals surface area contributed by atoms with E-state index in [-0.39, 0.29) is 17.8 Å². The van der Waals surface area contributed by atoms with Crippen LogP contribution in [0.2, 0.25) is 0 Å². The van der Waals surface area contributed by atoms with Gasteiger partial charge in [-0.3, -0.25) is 4.79 Å². The van der Waals surface area contributed by atoms with Crippen LogP contribution in [0.3, 0.4) is 0 Å². The number of hydrogen-bond acceptors (Lipinski definition) is 5. The number of likely N-dealkylation sites (tertiary alicyclic amines) is 1. The normalized spacial score (nSPS) is 22.7. The maximum absolute atomic E-state index is 11.2. The number of anilines is 1. The van der Waals surface area contributed by atoms with Crippen molar-refractivity contribution in [2.75, 3.05) is 19.3 Å². The molecule has 1 aromatic heterocycles. The first-order valence-electron chi connectivity index (χ1n) is 3.99. The minimum absolute atomic E-state index is 0.00213. The van der Waals surface area contributed by atoms with Gasteiger partial charge in [0.2, 0.25) is 11.8 Å². The average Bonchev–Trinajstić information content (AvgIpc) is 2.61. The molecule has 13 heavy (non-hydrogen) atoms. The molecule has 2 rings (SSSR count). The Morgan fingerprint density at radius 1 is 1.62 bits per heavy atom. The van der Waals surface area contributed by atoms with Crippen molar-refractivity contribution in [2.24, 2.45) is 0 Å². The summed E-state index contributed by atoms with van der Waals surface area (Å²) in [5, 5.41) is 7.29. The molecule has 2 heterocycles. The van der Waals surface area contributed by atoms with Gasteiger partial charge in [-0.05, 0) is 0 Å². The molecule has 1 atom stereocenters. The van der Waals surface area contributed by atoms with Gasteiger partial charge in [0.15, 0.2) is 0 Å². The Morgan fingerprint density at radius 2 is 2.38 bits per heavy atom. The first-order chi connectivity index (χ1) is 6.16. The summed E-state index contributed by atoms with van der Waals surface area (Å²) in [7, 11) is 1.75. The van der Waals surface area contributed by atoms with Gasteiger partial charge in [0.1, 0.15) is 0 Å². The molecule has 0 bridgehead atoms. The van der Waals surface area contributed by atoms with E-state index in [4.69, 9.17) is 10.2 Å². The van der Waals surface area contributed by atoms with Crippen molar-refractivity contribution < 1.29 is 9.21 Å². The molecular weight excluding hydrogens is 172 g/mol. The summed E-state index contributed by atoms with van der Waals surface area (Å²) in [4.78, 5) is 12.8. The Balaban J connectivity index is 2.16. The third-order valence-corrected chi connectivity index (χ3v) is 2.15. The Hall–Kier alpha value is -1.59. The first kappa shape index (κ1) is 8.03. The van der Waals surface area contributed by atoms with Gasteiger partial charge in [-0.15, -0.1) is 5.10 Å². The molecule has 1 aliphatic heterocycles. The highest BCUT2D eigenvalue weighted by atomic mass is 16.4. The second-order valence-electron chi connectivity index (χ2n) is 3.15. The van der Waals surface area contributed by atoms with Crippen molar-refractivity contribution in [2.45, 2.75) is 12.3 Å². The molecule has 6 heteroatoms. The molecule has 70 valence electrons. The molecule has 0 saturated carbocycles. The minimum Gasteiger partial charge on any atom is -0.408 e. The number of aromatic nitrogens is 2. The van der Waals surface area contributed by atoms with Gasteiger partial charge >= 0.3 is 6.01 Å². The SMILES string of the molecule is CN1C[C@H](c2nnc(N)o2)CC1=O. The van der Waals surface area contributed by atoms with Crippen LogP contribution in [0.15, 0.2) is 4.42 Å². The third kappa shape index (κ3) is 1.34. The topological polar surface area (TPSA) is 85.2 Å². The molecule has 1 fully saturated rings. The lowest BCUT2D eigenvalue weighted by Gasteiger charge is -2.05. The molecule has 2 N–H and O–H groups in total. The molecule has 1 aliphatic rings. The van der Waals surface area contributed by atoms with Crippen LogP contribution in [0.1, 0.15) is 18.2 Å². The highest BCUT2D eigenvalue weighted by molar-refractivity contribution is 5.79. The monoisotopic (exact) mass is 182 g/mol. The van der Waals surface area contributed by atoms with Crippen molar-refractivity contribution in [3.05, 3.63) is 5.89 Å². The van der Waals surface area contributed by atoms with Gasteiger partial charge in [0.25, 0.3) is 0 Å². The summed E-state index contributed by atoms with van der Waals surface area (Å²) < 4.78 is 5.04. The van der Waals surface area contributed by atoms with E-state index in [9.17, 15) is 4.79 Å². The van der Waals surface area contributed by atoms with Crippen LogP contribution < -0.4 is 5.73 Å². The van der Waals surface area contributed by atoms with E-state index in [1.54, 1.807) is 11.9 Å². The predicted octanol–water partition coefficient (Wildman–Crippen LogP) is -0.403. The zero-order valence-corrected chi connectivity index (χ0v) is 7.23. The lowest BCUT2D eigenvalue weighted by atomic mass is 10.1. The molecular formula is C7H10N4O2. The number of carbonyl (C=O) groups is 1. The van der Waals surface area contributed by atoms with Gasteiger partial charge in [-0.2, -0.15) is 0 Å². The standard InChI is InChI=1S/C7H10N4O2/c1-11-3-4(2-5(11)12)6-9-10-7(8)13-6/h4H,2-3H2,1H3,(H2,8,10)/t4-/m1/s1. The number of nitrogens with two attached hydrogens (primary N) is 1. The van der Waals surface area contributed by atoms with Crippen LogP contribution in [0.5, 0.6) is 0 Å². The van der Waals surface area contributed by atoms with Crippen LogP contribution in [0.4, 0.5) is 6.01 Å². The van der Waals surface area contributed by atoms with E-state index < -0.39 is 0 Å². The van der Waals surface area contributed by atoms with Crippen molar-refractivity contribution in [3.63, 3.8) is 0 Å². The molecule has 0 aromatic carbocycles. The number of carbonyl (C=O) groups excluding carboxylic acids is 1. The maximum atomic E-state index is 11.2. The summed E-state index contributed by atoms with van der Waals surface area (Å²) in [6.07, 6.45) is 0.429. The van der Waals surface area contributed by atoms with Gasteiger partial charge in [-0.1, -0.05) is 5.10 Å². The summed E-state index contributed by atoms with van der Waals surface area (Å²) >= 11 is 0. The number of likely N-dealkylation sites (N-methyl/N-ethyl adjacent to an activating group) is 1. The van der Waals surface area contributed by atoms with Gasteiger partial charge < -0.3 is 15.1 Å². The fourth-order valence-electron chi connectivity index (χ4n) is 1.44. The minimum atomic E-state index is 0.00213. The molecule has 1 saturated heterocycles. The Morgan fingerprint density at radius 3 is 2.85 bits per heavy atom. The number of rotatable bonds is 1. The average molecular weight is 182 g/mol. The Kier molecular flexibility index (Phi) is 1.68. The molecule has 0 unspecified atom stereocenters. The van der Waals surface area contributed by atoms with Crippen molar-refractivity contribution >= 4 is 11.9 Å². The van der Waals surface area contributed by atoms with E-state index in [1.165, 1.54) is 0 Å². The highest BCUT2D eigenvalue weighted by Crippen LogP contribution is 2.26. The number of amides is 1. The van der Waals surface area contributed by atoms with E-state index in [1.807, 2.05) is 0 Å². The molecule has 0 spiro atoms. The quantitative estimate of drug-likeness (QED) is 0.638. The lowest BCUT2D eigenvalue weighted by molar-refractivity contribution is -0.126. The van der Waals surface area contributed by atoms with Gasteiger partial charge in [-0.25, -0.2) is 0 Å². The smallest absolute Gasteiger partial charge is 0.312 e. The number of nitrogens with zero attached hydrogens (tertiary/aromatic N) is 3. The van der Waals surface area contributed by atoms with Gasteiger partial charge in [0.05, 0.1) is 5.92 Å². The van der Waals surface area contributed by atoms with E-state index in [0.29, 0.717) is 18.9 Å². The van der Waals surface area contributed by atoms with Gasteiger partial charge in [0, 0.05) is 20.0 Å². The van der Waals surface area contributed by atoms with E-state index >= 15 is 0 Å². The Bertz CT molecular complexity index is 335. The first-order valence-corrected chi connectivity index (χ1v) is 3.99. The van der Waals surface area contributed by atoms with E-state index in [2.05, 4.69) is 10.2 Å². The largest absolute Gasteiger partial charge is 0.408 e. The van der Waals surface area contributed by atoms with Crippen molar-refractivity contribution in [1.82, 2.24) is 15.1 Å². The molecule has 0 radical (unpaired) electrons. The highest BCUT2D eigenvalue weighted by Gasteiger charge is 2.31. The zero-order chi connectivity index (χ0) is 9.42. The third-order valence-electron chi connectivity index (χ3n) is 2.15. The van der Waals surface area contributed by atoms with Crippen LogP contribution >= 0.6 is 0 Å². The number of nitrogen functional groups attached to an aromatic ring is 1. The zero-order valence-electron chi connectivity index (χ0n) is 7.23. The fraction of sp³-hybridized carbons (Fsp3) is 0.571. The van der Waals surface area contributed by atoms with Crippen molar-refractivity contribution in [1.29, 1.82) is 0 Å². The predicted molar refractivity (Wildman–Crippen MR) is 43.7 cm³/mol. The van der Waals surface area contributed by atoms with Crippen LogP contribution in [-0.4, -0.2) is 34.6 Å². The second kappa shape index (κ2) is 2.72. The van der Waals surface area contributed by atoms with Crippen LogP contribution in [-0.2, 0) is 4.79 Å². The summed E-state index contributed by atoms with van der Waals surface area (Å²) in [6.45, 7) is 0.625. The van der Waals surface area contributed by atoms with Crippen molar-refractivity contribution in [3.8, 4) is 0 Å². The molecule has 1 aromatic rings. The van der Waals surface area contributed by atoms with Crippen LogP contribution in [0.25, 0.3) is 0 Å². The van der Waals surface area contributed by atoms with Crippen LogP contribution in [0, 0.1) is 0 Å². The molecule has 0 aliphatic carbocycles. The maximum Gasteiger partial charge on any atom is 0.312 e. The summed E-state index contributed by atoms with van der Waals surface area (Å²) in [5.74, 6) is 0.555. The molecule has 1 amide bonds. The summed E-state index contributed by atoms with van der Waals surface area (Å²) in [6, 6.07) is 0.0528.